The van der Waals surface area contributed by atoms with Crippen LogP contribution in [0.2, 0.25) is 0 Å². The van der Waals surface area contributed by atoms with Gasteiger partial charge in [0.2, 0.25) is 0 Å². The number of hydrogen-bond donors (Lipinski definition) is 0. The molecule has 10 nitrogen and oxygen atoms in total. The number of halogens is 1. The lowest BCUT2D eigenvalue weighted by Crippen LogP contribution is -3.00. The van der Waals surface area contributed by atoms with Crippen LogP contribution in [0.3, 0.4) is 0 Å². The molecule has 0 N–H and O–H groups in total. The van der Waals surface area contributed by atoms with Gasteiger partial charge in [-0.25, -0.2) is 19.3 Å². The van der Waals surface area contributed by atoms with Gasteiger partial charge in [0, 0.05) is 6.61 Å². The third kappa shape index (κ3) is 26.3. The smallest absolute Gasteiger partial charge is 0.508 e. The number of imide groups is 1. The second-order valence-corrected chi connectivity index (χ2v) is 11.8. The van der Waals surface area contributed by atoms with Crippen LogP contribution in [-0.2, 0) is 23.7 Å². The van der Waals surface area contributed by atoms with Crippen molar-refractivity contribution in [3.05, 3.63) is 0 Å². The van der Waals surface area contributed by atoms with Gasteiger partial charge in [0.1, 0.15) is 6.61 Å². The highest BCUT2D eigenvalue weighted by Crippen LogP contribution is 2.14. The van der Waals surface area contributed by atoms with E-state index in [1.807, 2.05) is 21.1 Å². The Hall–Kier alpha value is -1.34. The van der Waals surface area contributed by atoms with Gasteiger partial charge in [-0.1, -0.05) is 103 Å². The van der Waals surface area contributed by atoms with Gasteiger partial charge in [-0.05, 0) is 6.42 Å². The number of hydrogen-bond acceptors (Lipinski definition) is 8. The van der Waals surface area contributed by atoms with Crippen molar-refractivity contribution in [1.82, 2.24) is 4.90 Å². The third-order valence-electron chi connectivity index (χ3n) is 6.88. The maximum absolute atomic E-state index is 12.5. The minimum absolute atomic E-state index is 0. The molecule has 0 bridgehead atoms. The predicted octanol–water partition coefficient (Wildman–Crippen LogP) is 4.33. The van der Waals surface area contributed by atoms with Crippen molar-refractivity contribution >= 4 is 18.3 Å². The van der Waals surface area contributed by atoms with Crippen LogP contribution < -0.4 is 24.0 Å². The van der Waals surface area contributed by atoms with Gasteiger partial charge >= 0.3 is 18.3 Å². The molecule has 0 aromatic heterocycles. The van der Waals surface area contributed by atoms with Gasteiger partial charge in [-0.3, -0.25) is 0 Å². The Kier molecular flexibility index (Phi) is 29.0. The Morgan fingerprint density at radius 3 is 1.57 bits per heavy atom. The van der Waals surface area contributed by atoms with Crippen molar-refractivity contribution < 1.29 is 66.5 Å². The summed E-state index contributed by atoms with van der Waals surface area (Å²) in [6, 6.07) is 0. The number of unbranched alkanes of at least 4 members (excludes halogenated alkanes) is 15. The third-order valence-corrected chi connectivity index (χ3v) is 6.88. The molecule has 0 spiro atoms. The number of ether oxygens (including phenoxy) is 5. The first-order valence-corrected chi connectivity index (χ1v) is 15.8. The molecule has 0 fully saturated rings. The van der Waals surface area contributed by atoms with Crippen LogP contribution in [0.5, 0.6) is 0 Å². The molecule has 0 saturated carbocycles. The molecule has 1 atom stereocenters. The summed E-state index contributed by atoms with van der Waals surface area (Å²) in [5.74, 6) is 0. The van der Waals surface area contributed by atoms with Crippen molar-refractivity contribution in [2.45, 2.75) is 116 Å². The van der Waals surface area contributed by atoms with Gasteiger partial charge < -0.3 is 52.1 Å². The number of nitrogens with zero attached hydrogens (tertiary/aromatic N) is 2. The lowest BCUT2D eigenvalue weighted by atomic mass is 10.0. The number of methoxy groups -OCH3 is 2. The standard InChI is InChI=1S/C31H61N2O8.HI/c1-7-8-9-10-11-12-13-14-15-16-17-18-19-20-21-22-25-39-26-28(41-31(36)38-6)27-40-30(35)32(29(34)37-5)23-24-33(2,3)4;/h28H,7-27H2,1-6H3;1H/q+1;/p-1. The van der Waals surface area contributed by atoms with Crippen LogP contribution in [0.25, 0.3) is 0 Å². The van der Waals surface area contributed by atoms with Crippen LogP contribution in [0.15, 0.2) is 0 Å². The zero-order chi connectivity index (χ0) is 30.8. The average molecular weight is 717 g/mol. The number of amides is 2. The van der Waals surface area contributed by atoms with Crippen LogP contribution in [-0.4, -0.2) is 102 Å². The molecule has 1 unspecified atom stereocenters. The van der Waals surface area contributed by atoms with Crippen molar-refractivity contribution in [1.29, 1.82) is 0 Å². The Balaban J connectivity index is 0. The molecule has 42 heavy (non-hydrogen) atoms. The summed E-state index contributed by atoms with van der Waals surface area (Å²) < 4.78 is 25.9. The van der Waals surface area contributed by atoms with Crippen LogP contribution >= 0.6 is 0 Å². The summed E-state index contributed by atoms with van der Waals surface area (Å²) in [5, 5.41) is 0. The maximum atomic E-state index is 12.5. The van der Waals surface area contributed by atoms with Crippen molar-refractivity contribution in [3.63, 3.8) is 0 Å². The molecule has 0 aliphatic rings. The van der Waals surface area contributed by atoms with E-state index in [2.05, 4.69) is 11.7 Å². The first kappa shape index (κ1) is 42.8. The fraction of sp³-hybridized carbons (Fsp3) is 0.903. The van der Waals surface area contributed by atoms with Gasteiger partial charge in [0.25, 0.3) is 0 Å². The van der Waals surface area contributed by atoms with Crippen LogP contribution in [0.4, 0.5) is 14.4 Å². The summed E-state index contributed by atoms with van der Waals surface area (Å²) in [6.07, 6.45) is 17.4. The number of carbonyl (C=O) groups excluding carboxylic acids is 3. The average Bonchev–Trinajstić information content (AvgIpc) is 2.94. The summed E-state index contributed by atoms with van der Waals surface area (Å²) in [5.41, 5.74) is 0. The number of quaternary nitrogens is 1. The second-order valence-electron chi connectivity index (χ2n) is 11.8. The molecular weight excluding hydrogens is 655 g/mol. The highest BCUT2D eigenvalue weighted by Gasteiger charge is 2.27. The van der Waals surface area contributed by atoms with Gasteiger partial charge in [-0.15, -0.1) is 0 Å². The normalized spacial score (nSPS) is 11.8. The van der Waals surface area contributed by atoms with E-state index >= 15 is 0 Å². The Bertz CT molecular complexity index is 676. The molecule has 250 valence electrons. The lowest BCUT2D eigenvalue weighted by Gasteiger charge is -2.27. The number of carbonyl (C=O) groups is 3. The highest BCUT2D eigenvalue weighted by molar-refractivity contribution is 5.87. The summed E-state index contributed by atoms with van der Waals surface area (Å²) >= 11 is 0. The van der Waals surface area contributed by atoms with Gasteiger partial charge in [0.15, 0.2) is 6.10 Å². The molecule has 0 radical (unpaired) electrons. The second kappa shape index (κ2) is 28.4. The Morgan fingerprint density at radius 1 is 0.667 bits per heavy atom. The molecule has 0 aliphatic carbocycles. The SMILES string of the molecule is CCCCCCCCCCCCCCCCCCOCC(COC(=O)N(CC[N+](C)(C)C)C(=O)OC)OC(=O)OC.[I-]. The highest BCUT2D eigenvalue weighted by atomic mass is 127. The molecule has 0 saturated heterocycles. The van der Waals surface area contributed by atoms with Gasteiger partial charge in [0.05, 0.1) is 55.1 Å². The van der Waals surface area contributed by atoms with Crippen molar-refractivity contribution in [2.24, 2.45) is 0 Å². The van der Waals surface area contributed by atoms with Crippen molar-refractivity contribution in [3.8, 4) is 0 Å². The van der Waals surface area contributed by atoms with E-state index in [9.17, 15) is 14.4 Å². The molecule has 0 rings (SSSR count). The first-order valence-electron chi connectivity index (χ1n) is 15.8. The minimum atomic E-state index is -0.896. The van der Waals surface area contributed by atoms with Gasteiger partial charge in [-0.2, -0.15) is 0 Å². The van der Waals surface area contributed by atoms with E-state index in [1.165, 1.54) is 104 Å². The van der Waals surface area contributed by atoms with E-state index in [4.69, 9.17) is 18.9 Å². The molecule has 11 heteroatoms. The zero-order valence-corrected chi connectivity index (χ0v) is 29.6. The summed E-state index contributed by atoms with van der Waals surface area (Å²) in [4.78, 5) is 37.1. The van der Waals surface area contributed by atoms with Crippen LogP contribution in [0.1, 0.15) is 110 Å². The van der Waals surface area contributed by atoms with E-state index in [-0.39, 0.29) is 43.7 Å². The molecule has 0 aliphatic heterocycles. The van der Waals surface area contributed by atoms with Crippen molar-refractivity contribution in [2.75, 3.05) is 68.3 Å². The predicted molar refractivity (Wildman–Crippen MR) is 161 cm³/mol. The first-order chi connectivity index (χ1) is 19.6. The number of rotatable bonds is 25. The minimum Gasteiger partial charge on any atom is -1.00 e. The Morgan fingerprint density at radius 2 is 1.14 bits per heavy atom. The van der Waals surface area contributed by atoms with E-state index in [0.717, 1.165) is 17.7 Å². The van der Waals surface area contributed by atoms with E-state index in [1.54, 1.807) is 0 Å². The fourth-order valence-electron chi connectivity index (χ4n) is 4.28. The largest absolute Gasteiger partial charge is 1.00 e. The maximum Gasteiger partial charge on any atom is 0.508 e. The van der Waals surface area contributed by atoms with E-state index in [0.29, 0.717) is 17.6 Å². The molecule has 0 heterocycles. The molecule has 0 aromatic rings. The monoisotopic (exact) mass is 716 g/mol. The lowest BCUT2D eigenvalue weighted by molar-refractivity contribution is -0.869. The molecule has 0 aromatic carbocycles. The zero-order valence-electron chi connectivity index (χ0n) is 27.5. The summed E-state index contributed by atoms with van der Waals surface area (Å²) in [7, 11) is 8.23. The molecular formula is C31H61IN2O8. The molecule has 2 amide bonds. The number of likely N-dealkylation sites (N-methyl/N-ethyl adjacent to an activating group) is 1. The summed E-state index contributed by atoms with van der Waals surface area (Å²) in [6.45, 7) is 3.19. The van der Waals surface area contributed by atoms with Crippen LogP contribution in [0, 0.1) is 0 Å². The van der Waals surface area contributed by atoms with E-state index < -0.39 is 24.4 Å². The quantitative estimate of drug-likeness (QED) is 0.0453. The fourth-order valence-corrected chi connectivity index (χ4v) is 4.28. The topological polar surface area (TPSA) is 101 Å². The Labute approximate surface area is 273 Å².